The number of rotatable bonds is 5. The molecule has 3 nitrogen and oxygen atoms in total. The van der Waals surface area contributed by atoms with E-state index >= 15 is 0 Å². The van der Waals surface area contributed by atoms with Gasteiger partial charge in [0.15, 0.2) is 0 Å². The predicted molar refractivity (Wildman–Crippen MR) is 64.7 cm³/mol. The zero-order chi connectivity index (χ0) is 12.0. The molecule has 0 aliphatic heterocycles. The molecule has 0 fully saturated rings. The first kappa shape index (κ1) is 13.1. The maximum absolute atomic E-state index is 13.4. The molecule has 0 bridgehead atoms. The van der Waals surface area contributed by atoms with Gasteiger partial charge >= 0.3 is 0 Å². The molecular formula is C11H14BrFN2O. The Morgan fingerprint density at radius 2 is 2.19 bits per heavy atom. The lowest BCUT2D eigenvalue weighted by atomic mass is 10.2. The molecule has 0 saturated carbocycles. The van der Waals surface area contributed by atoms with Gasteiger partial charge in [0.1, 0.15) is 5.82 Å². The van der Waals surface area contributed by atoms with E-state index in [4.69, 9.17) is 5.73 Å². The highest BCUT2D eigenvalue weighted by Gasteiger charge is 2.14. The minimum absolute atomic E-state index is 0.0512. The topological polar surface area (TPSA) is 55.1 Å². The van der Waals surface area contributed by atoms with Gasteiger partial charge in [-0.3, -0.25) is 4.79 Å². The second-order valence-electron chi connectivity index (χ2n) is 3.35. The summed E-state index contributed by atoms with van der Waals surface area (Å²) in [5.74, 6) is -0.923. The van der Waals surface area contributed by atoms with Crippen LogP contribution in [0.2, 0.25) is 0 Å². The minimum atomic E-state index is -0.523. The first-order valence-electron chi connectivity index (χ1n) is 5.09. The van der Waals surface area contributed by atoms with Crippen molar-refractivity contribution in [2.45, 2.75) is 12.8 Å². The Morgan fingerprint density at radius 1 is 1.44 bits per heavy atom. The van der Waals surface area contributed by atoms with Crippen LogP contribution in [0.15, 0.2) is 22.7 Å². The summed E-state index contributed by atoms with van der Waals surface area (Å²) in [5, 5.41) is 2.65. The summed E-state index contributed by atoms with van der Waals surface area (Å²) in [6.07, 6.45) is 1.65. The maximum atomic E-state index is 13.4. The molecule has 0 unspecified atom stereocenters. The Labute approximate surface area is 102 Å². The lowest BCUT2D eigenvalue weighted by molar-refractivity contribution is 0.0948. The summed E-state index contributed by atoms with van der Waals surface area (Å²) >= 11 is 3.15. The molecule has 1 aromatic carbocycles. The van der Waals surface area contributed by atoms with Gasteiger partial charge in [0.25, 0.3) is 5.91 Å². The molecule has 3 N–H and O–H groups in total. The molecule has 16 heavy (non-hydrogen) atoms. The molecule has 0 atom stereocenters. The lowest BCUT2D eigenvalue weighted by Gasteiger charge is -2.07. The van der Waals surface area contributed by atoms with Crippen LogP contribution in [-0.4, -0.2) is 19.0 Å². The summed E-state index contributed by atoms with van der Waals surface area (Å²) in [6, 6.07) is 4.45. The molecule has 0 aliphatic rings. The van der Waals surface area contributed by atoms with E-state index < -0.39 is 11.7 Å². The van der Waals surface area contributed by atoms with Crippen LogP contribution in [0.5, 0.6) is 0 Å². The van der Waals surface area contributed by atoms with E-state index in [0.717, 1.165) is 12.8 Å². The van der Waals surface area contributed by atoms with E-state index in [0.29, 0.717) is 17.6 Å². The molecule has 0 radical (unpaired) electrons. The zero-order valence-electron chi connectivity index (χ0n) is 8.80. The van der Waals surface area contributed by atoms with Gasteiger partial charge in [0.2, 0.25) is 0 Å². The minimum Gasteiger partial charge on any atom is -0.352 e. The number of unbranched alkanes of at least 4 members (excludes halogenated alkanes) is 1. The van der Waals surface area contributed by atoms with Crippen LogP contribution in [-0.2, 0) is 0 Å². The van der Waals surface area contributed by atoms with E-state index in [1.54, 1.807) is 12.1 Å². The zero-order valence-corrected chi connectivity index (χ0v) is 10.4. The van der Waals surface area contributed by atoms with Crippen molar-refractivity contribution in [3.05, 3.63) is 34.1 Å². The molecule has 5 heteroatoms. The van der Waals surface area contributed by atoms with E-state index in [9.17, 15) is 9.18 Å². The molecule has 0 saturated heterocycles. The van der Waals surface area contributed by atoms with Gasteiger partial charge in [-0.2, -0.15) is 0 Å². The van der Waals surface area contributed by atoms with Crippen molar-refractivity contribution in [1.82, 2.24) is 5.32 Å². The van der Waals surface area contributed by atoms with Gasteiger partial charge in [-0.15, -0.1) is 0 Å². The van der Waals surface area contributed by atoms with Crippen LogP contribution < -0.4 is 11.1 Å². The fourth-order valence-electron chi connectivity index (χ4n) is 1.27. The smallest absolute Gasteiger partial charge is 0.255 e. The average Bonchev–Trinajstić information content (AvgIpc) is 2.24. The van der Waals surface area contributed by atoms with E-state index in [1.165, 1.54) is 6.07 Å². The third-order valence-electron chi connectivity index (χ3n) is 2.11. The van der Waals surface area contributed by atoms with E-state index in [1.807, 2.05) is 0 Å². The average molecular weight is 289 g/mol. The van der Waals surface area contributed by atoms with Gasteiger partial charge in [-0.25, -0.2) is 4.39 Å². The van der Waals surface area contributed by atoms with Gasteiger partial charge in [-0.05, 0) is 47.4 Å². The highest BCUT2D eigenvalue weighted by atomic mass is 79.9. The Balaban J connectivity index is 2.59. The largest absolute Gasteiger partial charge is 0.352 e. The molecule has 88 valence electrons. The van der Waals surface area contributed by atoms with Crippen LogP contribution in [0.1, 0.15) is 23.2 Å². The third kappa shape index (κ3) is 3.57. The Kier molecular flexibility index (Phi) is 5.42. The van der Waals surface area contributed by atoms with Crippen LogP contribution in [0, 0.1) is 5.82 Å². The first-order valence-corrected chi connectivity index (χ1v) is 5.88. The van der Waals surface area contributed by atoms with Crippen molar-refractivity contribution >= 4 is 21.8 Å². The molecule has 1 amide bonds. The monoisotopic (exact) mass is 288 g/mol. The molecule has 0 spiro atoms. The van der Waals surface area contributed by atoms with Crippen molar-refractivity contribution in [1.29, 1.82) is 0 Å². The van der Waals surface area contributed by atoms with Gasteiger partial charge in [-0.1, -0.05) is 6.07 Å². The summed E-state index contributed by atoms with van der Waals surface area (Å²) in [7, 11) is 0. The number of benzene rings is 1. The van der Waals surface area contributed by atoms with E-state index in [2.05, 4.69) is 21.2 Å². The predicted octanol–water partition coefficient (Wildman–Crippen LogP) is 2.06. The Hall–Kier alpha value is -0.940. The fourth-order valence-corrected chi connectivity index (χ4v) is 1.80. The summed E-state index contributed by atoms with van der Waals surface area (Å²) < 4.78 is 13.8. The molecule has 1 rings (SSSR count). The number of nitrogens with two attached hydrogens (primary N) is 1. The van der Waals surface area contributed by atoms with Crippen molar-refractivity contribution in [3.8, 4) is 0 Å². The molecular weight excluding hydrogens is 275 g/mol. The highest BCUT2D eigenvalue weighted by molar-refractivity contribution is 9.10. The van der Waals surface area contributed by atoms with Crippen LogP contribution in [0.25, 0.3) is 0 Å². The SMILES string of the molecule is NCCCCNC(=O)c1c(F)cccc1Br. The quantitative estimate of drug-likeness (QED) is 0.815. The normalized spacial score (nSPS) is 10.2. The standard InChI is InChI=1S/C11H14BrFN2O/c12-8-4-3-5-9(13)10(8)11(16)15-7-2-1-6-14/h3-5H,1-2,6-7,14H2,(H,15,16). The summed E-state index contributed by atoms with van der Waals surface area (Å²) in [6.45, 7) is 1.11. The van der Waals surface area contributed by atoms with Crippen LogP contribution in [0.4, 0.5) is 4.39 Å². The lowest BCUT2D eigenvalue weighted by Crippen LogP contribution is -2.26. The molecule has 0 heterocycles. The number of carbonyl (C=O) groups excluding carboxylic acids is 1. The Bertz CT molecular complexity index is 351. The van der Waals surface area contributed by atoms with Crippen LogP contribution in [0.3, 0.4) is 0 Å². The second-order valence-corrected chi connectivity index (χ2v) is 4.20. The fraction of sp³-hybridized carbons (Fsp3) is 0.364. The van der Waals surface area contributed by atoms with E-state index in [-0.39, 0.29) is 5.56 Å². The summed E-state index contributed by atoms with van der Waals surface area (Å²) in [4.78, 5) is 11.6. The van der Waals surface area contributed by atoms with Gasteiger partial charge in [0, 0.05) is 11.0 Å². The van der Waals surface area contributed by atoms with Crippen molar-refractivity contribution < 1.29 is 9.18 Å². The van der Waals surface area contributed by atoms with Gasteiger partial charge < -0.3 is 11.1 Å². The second kappa shape index (κ2) is 6.60. The number of hydrogen-bond acceptors (Lipinski definition) is 2. The number of carbonyl (C=O) groups is 1. The van der Waals surface area contributed by atoms with Gasteiger partial charge in [0.05, 0.1) is 5.56 Å². The van der Waals surface area contributed by atoms with Crippen molar-refractivity contribution in [2.75, 3.05) is 13.1 Å². The number of amides is 1. The van der Waals surface area contributed by atoms with Crippen LogP contribution >= 0.6 is 15.9 Å². The third-order valence-corrected chi connectivity index (χ3v) is 2.77. The Morgan fingerprint density at radius 3 is 2.81 bits per heavy atom. The number of halogens is 2. The summed E-state index contributed by atoms with van der Waals surface area (Å²) in [5.41, 5.74) is 5.38. The number of hydrogen-bond donors (Lipinski definition) is 2. The highest BCUT2D eigenvalue weighted by Crippen LogP contribution is 2.19. The molecule has 0 aliphatic carbocycles. The maximum Gasteiger partial charge on any atom is 0.255 e. The first-order chi connectivity index (χ1) is 7.66. The van der Waals surface area contributed by atoms with Crippen molar-refractivity contribution in [3.63, 3.8) is 0 Å². The van der Waals surface area contributed by atoms with Crippen molar-refractivity contribution in [2.24, 2.45) is 5.73 Å². The molecule has 1 aromatic rings. The number of nitrogens with one attached hydrogen (secondary N) is 1. The molecule has 0 aromatic heterocycles.